The molecule has 0 radical (unpaired) electrons. The quantitative estimate of drug-likeness (QED) is 0.351. The van der Waals surface area contributed by atoms with Gasteiger partial charge in [-0.25, -0.2) is 0 Å². The summed E-state index contributed by atoms with van der Waals surface area (Å²) in [5, 5.41) is 3.33. The van der Waals surface area contributed by atoms with E-state index in [2.05, 4.69) is 119 Å². The molecule has 2 aromatic rings. The van der Waals surface area contributed by atoms with Crippen LogP contribution in [-0.4, -0.2) is 18.0 Å². The van der Waals surface area contributed by atoms with Crippen LogP contribution in [0.25, 0.3) is 5.57 Å². The SMILES string of the molecule is C=C(C)NC1=C(c2ccccc2)CCC=C1.C=C(Cc1ccc(CC)c(CC)c1)N1CCC(C)C(C(C)C)C1. The van der Waals surface area contributed by atoms with E-state index in [0.717, 1.165) is 55.6 Å². The van der Waals surface area contributed by atoms with Crippen LogP contribution in [0.5, 0.6) is 0 Å². The van der Waals surface area contributed by atoms with Crippen molar-refractivity contribution in [2.24, 2.45) is 17.8 Å². The zero-order valence-electron chi connectivity index (χ0n) is 25.5. The predicted molar refractivity (Wildman–Crippen MR) is 171 cm³/mol. The van der Waals surface area contributed by atoms with Gasteiger partial charge in [0.05, 0.1) is 0 Å². The smallest absolute Gasteiger partial charge is 0.0417 e. The minimum Gasteiger partial charge on any atom is -0.375 e. The standard InChI is InChI=1S/C22H35N.C15H17N/c1-7-20-10-9-19(14-21(20)8-2)13-18(6)23-12-11-17(5)22(15-23)16(3)4;1-12(2)16-15-11-7-6-10-14(15)13-8-4-3-5-9-13/h9-10,14,16-17,22H,6-8,11-13,15H2,1-5H3;3-5,7-9,11,16H,1,6,10H2,2H3. The van der Waals surface area contributed by atoms with Crippen LogP contribution in [0.2, 0.25) is 0 Å². The molecule has 39 heavy (non-hydrogen) atoms. The third-order valence-corrected chi connectivity index (χ3v) is 8.40. The van der Waals surface area contributed by atoms with Crippen LogP contribution in [0.15, 0.2) is 90.9 Å². The van der Waals surface area contributed by atoms with Crippen molar-refractivity contribution in [2.75, 3.05) is 13.1 Å². The lowest BCUT2D eigenvalue weighted by atomic mass is 9.79. The van der Waals surface area contributed by atoms with Gasteiger partial charge in [0.1, 0.15) is 0 Å². The molecule has 1 fully saturated rings. The molecule has 2 aliphatic rings. The molecule has 0 bridgehead atoms. The summed E-state index contributed by atoms with van der Waals surface area (Å²) in [6.07, 6.45) is 11.1. The number of aryl methyl sites for hydroxylation is 2. The summed E-state index contributed by atoms with van der Waals surface area (Å²) < 4.78 is 0. The normalized spacial score (nSPS) is 19.0. The van der Waals surface area contributed by atoms with E-state index in [1.807, 2.05) is 6.92 Å². The van der Waals surface area contributed by atoms with Crippen LogP contribution in [0.4, 0.5) is 0 Å². The monoisotopic (exact) mass is 524 g/mol. The van der Waals surface area contributed by atoms with E-state index in [9.17, 15) is 0 Å². The number of nitrogens with one attached hydrogen (secondary N) is 1. The molecular weight excluding hydrogens is 472 g/mol. The van der Waals surface area contributed by atoms with Crippen molar-refractivity contribution in [3.63, 3.8) is 0 Å². The molecule has 1 saturated heterocycles. The minimum atomic E-state index is 0.760. The van der Waals surface area contributed by atoms with Crippen molar-refractivity contribution in [1.29, 1.82) is 0 Å². The van der Waals surface area contributed by atoms with E-state index in [-0.39, 0.29) is 0 Å². The van der Waals surface area contributed by atoms with Gasteiger partial charge in [0, 0.05) is 36.6 Å². The van der Waals surface area contributed by atoms with Crippen molar-refractivity contribution in [3.05, 3.63) is 113 Å². The second kappa shape index (κ2) is 15.0. The molecule has 2 heteroatoms. The molecule has 2 unspecified atom stereocenters. The van der Waals surface area contributed by atoms with E-state index in [4.69, 9.17) is 0 Å². The topological polar surface area (TPSA) is 15.3 Å². The zero-order chi connectivity index (χ0) is 28.4. The van der Waals surface area contributed by atoms with Crippen LogP contribution in [0, 0.1) is 17.8 Å². The first-order valence-corrected chi connectivity index (χ1v) is 15.1. The van der Waals surface area contributed by atoms with Crippen molar-refractivity contribution in [2.45, 2.75) is 80.1 Å². The highest BCUT2D eigenvalue weighted by molar-refractivity contribution is 5.72. The molecule has 0 spiro atoms. The van der Waals surface area contributed by atoms with Gasteiger partial charge in [0.2, 0.25) is 0 Å². The molecule has 1 aliphatic carbocycles. The molecule has 0 saturated carbocycles. The third kappa shape index (κ3) is 8.75. The summed E-state index contributed by atoms with van der Waals surface area (Å²) >= 11 is 0. The molecule has 1 N–H and O–H groups in total. The van der Waals surface area contributed by atoms with E-state index >= 15 is 0 Å². The molecule has 210 valence electrons. The van der Waals surface area contributed by atoms with Crippen LogP contribution in [-0.2, 0) is 19.3 Å². The Hall–Kier alpha value is -3.00. The molecule has 2 aromatic carbocycles. The van der Waals surface area contributed by atoms with E-state index < -0.39 is 0 Å². The fourth-order valence-electron chi connectivity index (χ4n) is 6.02. The largest absolute Gasteiger partial charge is 0.375 e. The Bertz CT molecular complexity index is 1150. The molecule has 0 aromatic heterocycles. The van der Waals surface area contributed by atoms with Gasteiger partial charge in [-0.05, 0) is 90.7 Å². The summed E-state index contributed by atoms with van der Waals surface area (Å²) in [5.41, 5.74) is 10.6. The Labute approximate surface area is 239 Å². The molecule has 1 aliphatic heterocycles. The second-order valence-electron chi connectivity index (χ2n) is 11.8. The highest BCUT2D eigenvalue weighted by Gasteiger charge is 2.28. The minimum absolute atomic E-state index is 0.760. The summed E-state index contributed by atoms with van der Waals surface area (Å²) in [6, 6.07) is 17.6. The summed E-state index contributed by atoms with van der Waals surface area (Å²) in [6.45, 7) is 24.3. The summed E-state index contributed by atoms with van der Waals surface area (Å²) in [5.74, 6) is 2.40. The number of piperidine rings is 1. The maximum absolute atomic E-state index is 4.42. The maximum Gasteiger partial charge on any atom is 0.0417 e. The predicted octanol–water partition coefficient (Wildman–Crippen LogP) is 9.35. The first kappa shape index (κ1) is 30.5. The van der Waals surface area contributed by atoms with Gasteiger partial charge in [-0.2, -0.15) is 0 Å². The third-order valence-electron chi connectivity index (χ3n) is 8.40. The van der Waals surface area contributed by atoms with Gasteiger partial charge in [-0.1, -0.05) is 102 Å². The fraction of sp³-hybridized carbons (Fsp3) is 0.459. The van der Waals surface area contributed by atoms with Gasteiger partial charge < -0.3 is 10.2 Å². The number of likely N-dealkylation sites (tertiary alicyclic amines) is 1. The summed E-state index contributed by atoms with van der Waals surface area (Å²) in [7, 11) is 0. The Morgan fingerprint density at radius 1 is 1.03 bits per heavy atom. The van der Waals surface area contributed by atoms with E-state index in [1.54, 1.807) is 0 Å². The Kier molecular flexibility index (Phi) is 11.7. The number of rotatable bonds is 9. The highest BCUT2D eigenvalue weighted by Crippen LogP contribution is 2.31. The lowest BCUT2D eigenvalue weighted by Gasteiger charge is -2.41. The van der Waals surface area contributed by atoms with Crippen molar-refractivity contribution < 1.29 is 0 Å². The van der Waals surface area contributed by atoms with Gasteiger partial charge in [0.15, 0.2) is 0 Å². The Morgan fingerprint density at radius 3 is 2.38 bits per heavy atom. The molecule has 2 atom stereocenters. The Morgan fingerprint density at radius 2 is 1.74 bits per heavy atom. The van der Waals surface area contributed by atoms with Crippen LogP contribution >= 0.6 is 0 Å². The average molecular weight is 525 g/mol. The maximum atomic E-state index is 4.42. The highest BCUT2D eigenvalue weighted by atomic mass is 15.1. The molecule has 1 heterocycles. The van der Waals surface area contributed by atoms with E-state index in [1.165, 1.54) is 58.7 Å². The van der Waals surface area contributed by atoms with Crippen LogP contribution in [0.1, 0.15) is 83.1 Å². The number of benzene rings is 2. The zero-order valence-corrected chi connectivity index (χ0v) is 25.5. The lowest BCUT2D eigenvalue weighted by molar-refractivity contribution is 0.122. The number of hydrogen-bond acceptors (Lipinski definition) is 2. The van der Waals surface area contributed by atoms with Crippen molar-refractivity contribution in [3.8, 4) is 0 Å². The van der Waals surface area contributed by atoms with Crippen LogP contribution < -0.4 is 5.32 Å². The number of allylic oxidation sites excluding steroid dienone is 5. The number of hydrogen-bond donors (Lipinski definition) is 1. The Balaban J connectivity index is 0.000000230. The molecule has 2 nitrogen and oxygen atoms in total. The lowest BCUT2D eigenvalue weighted by Crippen LogP contribution is -2.41. The van der Waals surface area contributed by atoms with Crippen molar-refractivity contribution in [1.82, 2.24) is 10.2 Å². The summed E-state index contributed by atoms with van der Waals surface area (Å²) in [4.78, 5) is 2.55. The first-order chi connectivity index (χ1) is 18.7. The average Bonchev–Trinajstić information content (AvgIpc) is 2.94. The number of nitrogens with zero attached hydrogens (tertiary/aromatic N) is 1. The second-order valence-corrected chi connectivity index (χ2v) is 11.8. The van der Waals surface area contributed by atoms with Gasteiger partial charge in [-0.15, -0.1) is 0 Å². The molecule has 4 rings (SSSR count). The van der Waals surface area contributed by atoms with Crippen molar-refractivity contribution >= 4 is 5.57 Å². The van der Waals surface area contributed by atoms with Gasteiger partial charge in [-0.3, -0.25) is 0 Å². The van der Waals surface area contributed by atoms with Gasteiger partial charge in [0.25, 0.3) is 0 Å². The van der Waals surface area contributed by atoms with Gasteiger partial charge >= 0.3 is 0 Å². The molecule has 0 amide bonds. The van der Waals surface area contributed by atoms with Crippen LogP contribution in [0.3, 0.4) is 0 Å². The fourth-order valence-corrected chi connectivity index (χ4v) is 6.02. The molecular formula is C37H52N2. The first-order valence-electron chi connectivity index (χ1n) is 15.1. The van der Waals surface area contributed by atoms with E-state index in [0.29, 0.717) is 0 Å².